The molecule has 6 nitrogen and oxygen atoms in total. The van der Waals surface area contributed by atoms with Crippen molar-refractivity contribution in [3.8, 4) is 5.75 Å². The smallest absolute Gasteiger partial charge is 0.194 e. The van der Waals surface area contributed by atoms with Crippen molar-refractivity contribution in [3.05, 3.63) is 40.3 Å². The van der Waals surface area contributed by atoms with Crippen LogP contribution in [0.1, 0.15) is 9.88 Å². The number of hydrogen-bond donors (Lipinski definition) is 1. The number of rotatable bonds is 4. The maximum Gasteiger partial charge on any atom is 0.194 e. The Kier molecular flexibility index (Phi) is 5.75. The summed E-state index contributed by atoms with van der Waals surface area (Å²) in [6.07, 6.45) is 1.91. The molecule has 0 radical (unpaired) electrons. The van der Waals surface area contributed by atoms with E-state index < -0.39 is 0 Å². The number of nitrogens with one attached hydrogen (secondary N) is 1. The molecule has 0 aliphatic carbocycles. The Labute approximate surface area is 153 Å². The molecular formula is C18H25N5OS. The zero-order chi connectivity index (χ0) is 17.6. The first-order valence-corrected chi connectivity index (χ1v) is 9.27. The molecule has 1 saturated heterocycles. The van der Waals surface area contributed by atoms with Gasteiger partial charge in [-0.3, -0.25) is 4.99 Å². The van der Waals surface area contributed by atoms with Crippen LogP contribution >= 0.6 is 11.3 Å². The van der Waals surface area contributed by atoms with Crippen molar-refractivity contribution >= 4 is 23.0 Å². The molecule has 2 heterocycles. The second-order valence-electron chi connectivity index (χ2n) is 5.94. The lowest BCUT2D eigenvalue weighted by atomic mass is 10.2. The van der Waals surface area contributed by atoms with E-state index in [1.165, 1.54) is 10.6 Å². The van der Waals surface area contributed by atoms with Crippen molar-refractivity contribution in [2.75, 3.05) is 45.2 Å². The van der Waals surface area contributed by atoms with Crippen LogP contribution in [0.25, 0.3) is 0 Å². The molecule has 1 aromatic heterocycles. The Hall–Kier alpha value is -2.28. The third kappa shape index (κ3) is 4.42. The van der Waals surface area contributed by atoms with Crippen molar-refractivity contribution in [2.45, 2.75) is 13.5 Å². The Bertz CT molecular complexity index is 722. The monoisotopic (exact) mass is 359 g/mol. The first-order chi connectivity index (χ1) is 12.2. The molecule has 0 saturated carbocycles. The topological polar surface area (TPSA) is 53.0 Å². The van der Waals surface area contributed by atoms with Crippen LogP contribution in [0.5, 0.6) is 5.75 Å². The second-order valence-corrected chi connectivity index (χ2v) is 7.26. The molecule has 25 heavy (non-hydrogen) atoms. The van der Waals surface area contributed by atoms with Crippen molar-refractivity contribution in [1.29, 1.82) is 0 Å². The standard InChI is InChI=1S/C18H25N5OS/c1-14-12-20-17(25-14)13-21-18(19-2)23-9-7-22(8-10-23)15-5-4-6-16(11-15)24-3/h4-6,11-12H,7-10,13H2,1-3H3,(H,19,21). The molecule has 0 atom stereocenters. The Balaban J connectivity index is 1.54. The second kappa shape index (κ2) is 8.20. The number of methoxy groups -OCH3 is 1. The molecule has 2 aromatic rings. The maximum atomic E-state index is 5.33. The minimum absolute atomic E-state index is 0.723. The van der Waals surface area contributed by atoms with E-state index in [0.717, 1.165) is 49.4 Å². The molecule has 0 spiro atoms. The molecule has 3 rings (SSSR count). The van der Waals surface area contributed by atoms with Crippen molar-refractivity contribution in [3.63, 3.8) is 0 Å². The zero-order valence-electron chi connectivity index (χ0n) is 15.0. The number of ether oxygens (including phenoxy) is 1. The molecule has 0 bridgehead atoms. The number of hydrogen-bond acceptors (Lipinski definition) is 5. The summed E-state index contributed by atoms with van der Waals surface area (Å²) in [4.78, 5) is 14.7. The summed E-state index contributed by atoms with van der Waals surface area (Å²) in [7, 11) is 3.54. The van der Waals surface area contributed by atoms with E-state index in [2.05, 4.69) is 44.1 Å². The number of aromatic nitrogens is 1. The zero-order valence-corrected chi connectivity index (χ0v) is 15.8. The highest BCUT2D eigenvalue weighted by Gasteiger charge is 2.20. The van der Waals surface area contributed by atoms with Gasteiger partial charge in [0.15, 0.2) is 5.96 Å². The summed E-state index contributed by atoms with van der Waals surface area (Å²) in [5.41, 5.74) is 1.21. The van der Waals surface area contributed by atoms with E-state index in [-0.39, 0.29) is 0 Å². The third-order valence-electron chi connectivity index (χ3n) is 4.28. The predicted octanol–water partition coefficient (Wildman–Crippen LogP) is 2.36. The fraction of sp³-hybridized carbons (Fsp3) is 0.444. The van der Waals surface area contributed by atoms with Crippen LogP contribution in [0.4, 0.5) is 5.69 Å². The molecule has 1 aromatic carbocycles. The van der Waals surface area contributed by atoms with E-state index in [9.17, 15) is 0 Å². The van der Waals surface area contributed by atoms with Gasteiger partial charge in [0.05, 0.1) is 13.7 Å². The van der Waals surface area contributed by atoms with Crippen LogP contribution in [0.15, 0.2) is 35.5 Å². The van der Waals surface area contributed by atoms with Gasteiger partial charge in [0.2, 0.25) is 0 Å². The van der Waals surface area contributed by atoms with Crippen LogP contribution in [0.2, 0.25) is 0 Å². The highest BCUT2D eigenvalue weighted by Crippen LogP contribution is 2.22. The summed E-state index contributed by atoms with van der Waals surface area (Å²) >= 11 is 1.72. The number of guanidine groups is 1. The molecule has 0 unspecified atom stereocenters. The average molecular weight is 359 g/mol. The first kappa shape index (κ1) is 17.5. The Morgan fingerprint density at radius 3 is 2.76 bits per heavy atom. The number of nitrogens with zero attached hydrogens (tertiary/aromatic N) is 4. The van der Waals surface area contributed by atoms with Crippen LogP contribution < -0.4 is 15.0 Å². The van der Waals surface area contributed by atoms with Crippen LogP contribution in [0.3, 0.4) is 0 Å². The third-order valence-corrected chi connectivity index (χ3v) is 5.19. The average Bonchev–Trinajstić information content (AvgIpc) is 3.08. The molecule has 0 amide bonds. The van der Waals surface area contributed by atoms with Crippen LogP contribution in [0, 0.1) is 6.92 Å². The predicted molar refractivity (Wildman–Crippen MR) is 104 cm³/mol. The van der Waals surface area contributed by atoms with Gasteiger partial charge in [-0.2, -0.15) is 0 Å². The van der Waals surface area contributed by atoms with E-state index in [4.69, 9.17) is 4.74 Å². The van der Waals surface area contributed by atoms with Crippen LogP contribution in [-0.2, 0) is 6.54 Å². The number of piperazine rings is 1. The molecule has 1 fully saturated rings. The first-order valence-electron chi connectivity index (χ1n) is 8.45. The lowest BCUT2D eigenvalue weighted by Gasteiger charge is -2.37. The summed E-state index contributed by atoms with van der Waals surface area (Å²) in [6, 6.07) is 8.24. The van der Waals surface area contributed by atoms with Crippen molar-refractivity contribution < 1.29 is 4.74 Å². The Morgan fingerprint density at radius 1 is 1.32 bits per heavy atom. The molecule has 7 heteroatoms. The minimum atomic E-state index is 0.723. The molecule has 134 valence electrons. The molecule has 1 aliphatic heterocycles. The largest absolute Gasteiger partial charge is 0.497 e. The number of aryl methyl sites for hydroxylation is 1. The Morgan fingerprint density at radius 2 is 2.12 bits per heavy atom. The van der Waals surface area contributed by atoms with Gasteiger partial charge < -0.3 is 19.9 Å². The molecule has 1 aliphatic rings. The number of anilines is 1. The van der Waals surface area contributed by atoms with Gasteiger partial charge in [0, 0.05) is 56.1 Å². The van der Waals surface area contributed by atoms with E-state index >= 15 is 0 Å². The minimum Gasteiger partial charge on any atom is -0.497 e. The molecule has 1 N–H and O–H groups in total. The SMILES string of the molecule is CN=C(NCc1ncc(C)s1)N1CCN(c2cccc(OC)c2)CC1. The van der Waals surface area contributed by atoms with E-state index in [0.29, 0.717) is 0 Å². The number of benzene rings is 1. The van der Waals surface area contributed by atoms with Crippen molar-refractivity contribution in [2.24, 2.45) is 4.99 Å². The fourth-order valence-electron chi connectivity index (χ4n) is 2.95. The number of thiazole rings is 1. The van der Waals surface area contributed by atoms with Gasteiger partial charge in [0.25, 0.3) is 0 Å². The van der Waals surface area contributed by atoms with Gasteiger partial charge in [0.1, 0.15) is 10.8 Å². The van der Waals surface area contributed by atoms with Gasteiger partial charge in [-0.1, -0.05) is 6.07 Å². The van der Waals surface area contributed by atoms with E-state index in [1.807, 2.05) is 25.4 Å². The highest BCUT2D eigenvalue weighted by molar-refractivity contribution is 7.11. The quantitative estimate of drug-likeness (QED) is 0.671. The lowest BCUT2D eigenvalue weighted by Crippen LogP contribution is -2.52. The summed E-state index contributed by atoms with van der Waals surface area (Å²) in [5, 5.41) is 4.52. The van der Waals surface area contributed by atoms with Gasteiger partial charge >= 0.3 is 0 Å². The van der Waals surface area contributed by atoms with E-state index in [1.54, 1.807) is 18.4 Å². The van der Waals surface area contributed by atoms with Gasteiger partial charge in [-0.25, -0.2) is 4.98 Å². The normalized spacial score (nSPS) is 15.4. The maximum absolute atomic E-state index is 5.33. The summed E-state index contributed by atoms with van der Waals surface area (Å²) in [6.45, 7) is 6.60. The lowest BCUT2D eigenvalue weighted by molar-refractivity contribution is 0.372. The van der Waals surface area contributed by atoms with Gasteiger partial charge in [-0.05, 0) is 19.1 Å². The highest BCUT2D eigenvalue weighted by atomic mass is 32.1. The summed E-state index contributed by atoms with van der Waals surface area (Å²) in [5.74, 6) is 1.84. The van der Waals surface area contributed by atoms with Gasteiger partial charge in [-0.15, -0.1) is 11.3 Å². The fourth-order valence-corrected chi connectivity index (χ4v) is 3.68. The molecular weight excluding hydrogens is 334 g/mol. The van der Waals surface area contributed by atoms with Crippen molar-refractivity contribution in [1.82, 2.24) is 15.2 Å². The van der Waals surface area contributed by atoms with Crippen LogP contribution in [-0.4, -0.2) is 56.2 Å². The number of aliphatic imine (C=N–C) groups is 1. The summed E-state index contributed by atoms with van der Waals surface area (Å²) < 4.78 is 5.33.